The molecule has 0 bridgehead atoms. The Hall–Kier alpha value is -1.49. The molecule has 0 spiro atoms. The maximum absolute atomic E-state index is 10.9. The molecule has 0 N–H and O–H groups in total. The molecule has 2 heteroatoms. The number of ether oxygens (including phenoxy) is 1. The molecule has 0 rings (SSSR count). The molecule has 0 aliphatic heterocycles. The van der Waals surface area contributed by atoms with Crippen LogP contribution < -0.4 is 0 Å². The number of rotatable bonds is 8. The van der Waals surface area contributed by atoms with E-state index in [-0.39, 0.29) is 5.92 Å². The van der Waals surface area contributed by atoms with Gasteiger partial charge in [-0.05, 0) is 38.5 Å². The monoisotopic (exact) mass is 234 g/mol. The third-order valence-electron chi connectivity index (χ3n) is 2.49. The van der Waals surface area contributed by atoms with Gasteiger partial charge in [-0.3, -0.25) is 0 Å². The predicted molar refractivity (Wildman–Crippen MR) is 71.4 cm³/mol. The highest BCUT2D eigenvalue weighted by Crippen LogP contribution is 2.15. The highest BCUT2D eigenvalue weighted by molar-refractivity contribution is 5.88. The van der Waals surface area contributed by atoms with Gasteiger partial charge >= 0.3 is 5.97 Å². The van der Waals surface area contributed by atoms with Gasteiger partial charge in [0.1, 0.15) is 0 Å². The number of esters is 1. The first kappa shape index (κ1) is 15.5. The van der Waals surface area contributed by atoms with Crippen LogP contribution in [-0.4, -0.2) is 13.1 Å². The molecular weight excluding hydrogens is 212 g/mol. The molecule has 0 aromatic heterocycles. The van der Waals surface area contributed by atoms with E-state index in [1.807, 2.05) is 12.2 Å². The van der Waals surface area contributed by atoms with Crippen LogP contribution in [0.25, 0.3) is 0 Å². The molecule has 94 valence electrons. The minimum Gasteiger partial charge on any atom is -0.459 e. The summed E-state index contributed by atoms with van der Waals surface area (Å²) < 4.78 is 4.51. The van der Waals surface area contributed by atoms with E-state index in [9.17, 15) is 4.79 Å². The summed E-state index contributed by atoms with van der Waals surface area (Å²) in [5.74, 6) is 5.33. The Kier molecular flexibility index (Phi) is 10.0. The topological polar surface area (TPSA) is 26.3 Å². The Bertz CT molecular complexity index is 280. The lowest BCUT2D eigenvalue weighted by Crippen LogP contribution is -2.00. The first-order chi connectivity index (χ1) is 8.24. The van der Waals surface area contributed by atoms with Crippen molar-refractivity contribution in [1.82, 2.24) is 0 Å². The van der Waals surface area contributed by atoms with Gasteiger partial charge in [0, 0.05) is 11.8 Å². The zero-order chi connectivity index (χ0) is 12.9. The highest BCUT2D eigenvalue weighted by atomic mass is 16.5. The van der Waals surface area contributed by atoms with Crippen LogP contribution in [0.3, 0.4) is 0 Å². The van der Waals surface area contributed by atoms with E-state index in [1.165, 1.54) is 7.11 Å². The van der Waals surface area contributed by atoms with E-state index in [1.54, 1.807) is 0 Å². The molecule has 2 nitrogen and oxygen atoms in total. The summed E-state index contributed by atoms with van der Waals surface area (Å²) >= 11 is 0. The SMILES string of the molecule is C=CCCCC(C#CC(=O)OC)CCCC=C. The van der Waals surface area contributed by atoms with Gasteiger partial charge in [0.25, 0.3) is 0 Å². The third kappa shape index (κ3) is 9.44. The lowest BCUT2D eigenvalue weighted by Gasteiger charge is -2.08. The molecule has 0 aliphatic rings. The van der Waals surface area contributed by atoms with Gasteiger partial charge in [0.15, 0.2) is 0 Å². The first-order valence-electron chi connectivity index (χ1n) is 6.05. The van der Waals surface area contributed by atoms with E-state index in [2.05, 4.69) is 29.7 Å². The molecule has 17 heavy (non-hydrogen) atoms. The predicted octanol–water partition coefficient (Wildman–Crippen LogP) is 3.49. The van der Waals surface area contributed by atoms with Gasteiger partial charge in [0.2, 0.25) is 0 Å². The van der Waals surface area contributed by atoms with Crippen LogP contribution >= 0.6 is 0 Å². The fraction of sp³-hybridized carbons (Fsp3) is 0.533. The van der Waals surface area contributed by atoms with Gasteiger partial charge in [-0.25, -0.2) is 4.79 Å². The van der Waals surface area contributed by atoms with Crippen LogP contribution in [0.15, 0.2) is 25.3 Å². The molecule has 0 aromatic rings. The average molecular weight is 234 g/mol. The van der Waals surface area contributed by atoms with E-state index in [0.29, 0.717) is 0 Å². The van der Waals surface area contributed by atoms with Gasteiger partial charge in [-0.2, -0.15) is 0 Å². The molecule has 0 aromatic carbocycles. The first-order valence-corrected chi connectivity index (χ1v) is 6.05. The molecule has 0 fully saturated rings. The third-order valence-corrected chi connectivity index (χ3v) is 2.49. The van der Waals surface area contributed by atoms with Crippen LogP contribution in [-0.2, 0) is 9.53 Å². The van der Waals surface area contributed by atoms with E-state index >= 15 is 0 Å². The summed E-state index contributed by atoms with van der Waals surface area (Å²) in [5, 5.41) is 0. The molecule has 0 radical (unpaired) electrons. The Morgan fingerprint density at radius 3 is 2.18 bits per heavy atom. The molecule has 0 heterocycles. The highest BCUT2D eigenvalue weighted by Gasteiger charge is 2.04. The van der Waals surface area contributed by atoms with Gasteiger partial charge in [-0.1, -0.05) is 18.1 Å². The standard InChI is InChI=1S/C15H22O2/c1-4-6-8-10-14(11-9-7-5-2)12-13-15(16)17-3/h4-5,14H,1-2,6-11H2,3H3. The summed E-state index contributed by atoms with van der Waals surface area (Å²) in [6, 6.07) is 0. The van der Waals surface area contributed by atoms with Crippen LogP contribution in [0, 0.1) is 17.8 Å². The second-order valence-corrected chi connectivity index (χ2v) is 3.90. The van der Waals surface area contributed by atoms with Gasteiger partial charge in [0.05, 0.1) is 7.11 Å². The van der Waals surface area contributed by atoms with Crippen LogP contribution in [0.1, 0.15) is 38.5 Å². The van der Waals surface area contributed by atoms with Crippen molar-refractivity contribution < 1.29 is 9.53 Å². The van der Waals surface area contributed by atoms with Gasteiger partial charge in [-0.15, -0.1) is 13.2 Å². The zero-order valence-electron chi connectivity index (χ0n) is 10.7. The number of allylic oxidation sites excluding steroid dienone is 2. The van der Waals surface area contributed by atoms with E-state index < -0.39 is 5.97 Å². The summed E-state index contributed by atoms with van der Waals surface area (Å²) in [6.45, 7) is 7.39. The largest absolute Gasteiger partial charge is 0.459 e. The minimum atomic E-state index is -0.456. The number of unbranched alkanes of at least 4 members (excludes halogenated alkanes) is 2. The summed E-state index contributed by atoms with van der Waals surface area (Å²) in [7, 11) is 1.35. The van der Waals surface area contributed by atoms with Crippen molar-refractivity contribution in [3.05, 3.63) is 25.3 Å². The van der Waals surface area contributed by atoms with Crippen molar-refractivity contribution in [1.29, 1.82) is 0 Å². The lowest BCUT2D eigenvalue weighted by molar-refractivity contribution is -0.133. The summed E-state index contributed by atoms with van der Waals surface area (Å²) in [4.78, 5) is 10.9. The van der Waals surface area contributed by atoms with Crippen molar-refractivity contribution in [2.24, 2.45) is 5.92 Å². The molecule has 0 unspecified atom stereocenters. The summed E-state index contributed by atoms with van der Waals surface area (Å²) in [6.07, 6.45) is 9.97. The lowest BCUT2D eigenvalue weighted by atomic mass is 9.96. The molecule has 0 saturated carbocycles. The van der Waals surface area contributed by atoms with Crippen molar-refractivity contribution in [3.8, 4) is 11.8 Å². The van der Waals surface area contributed by atoms with Crippen LogP contribution in [0.5, 0.6) is 0 Å². The Morgan fingerprint density at radius 2 is 1.76 bits per heavy atom. The van der Waals surface area contributed by atoms with Gasteiger partial charge < -0.3 is 4.74 Å². The minimum absolute atomic E-state index is 0.272. The maximum atomic E-state index is 10.9. The van der Waals surface area contributed by atoms with E-state index in [4.69, 9.17) is 0 Å². The molecular formula is C15H22O2. The van der Waals surface area contributed by atoms with Crippen LogP contribution in [0.2, 0.25) is 0 Å². The Labute approximate surface area is 105 Å². The molecule has 0 saturated heterocycles. The molecule has 0 aliphatic carbocycles. The fourth-order valence-corrected chi connectivity index (χ4v) is 1.52. The zero-order valence-corrected chi connectivity index (χ0v) is 10.7. The molecule has 0 amide bonds. The number of hydrogen-bond acceptors (Lipinski definition) is 2. The number of hydrogen-bond donors (Lipinski definition) is 0. The van der Waals surface area contributed by atoms with Crippen molar-refractivity contribution in [2.45, 2.75) is 38.5 Å². The van der Waals surface area contributed by atoms with Crippen molar-refractivity contribution in [2.75, 3.05) is 7.11 Å². The quantitative estimate of drug-likeness (QED) is 0.211. The maximum Gasteiger partial charge on any atom is 0.384 e. The van der Waals surface area contributed by atoms with Crippen molar-refractivity contribution in [3.63, 3.8) is 0 Å². The number of methoxy groups -OCH3 is 1. The second kappa shape index (κ2) is 11.0. The smallest absolute Gasteiger partial charge is 0.384 e. The number of carbonyl (C=O) groups excluding carboxylic acids is 1. The molecule has 0 atom stereocenters. The number of carbonyl (C=O) groups is 1. The van der Waals surface area contributed by atoms with Crippen LogP contribution in [0.4, 0.5) is 0 Å². The Balaban J connectivity index is 4.15. The second-order valence-electron chi connectivity index (χ2n) is 3.90. The summed E-state index contributed by atoms with van der Waals surface area (Å²) in [5.41, 5.74) is 0. The fourth-order valence-electron chi connectivity index (χ4n) is 1.52. The normalized spacial score (nSPS) is 9.29. The average Bonchev–Trinajstić information content (AvgIpc) is 2.35. The van der Waals surface area contributed by atoms with Crippen molar-refractivity contribution >= 4 is 5.97 Å². The Morgan fingerprint density at radius 1 is 1.24 bits per heavy atom. The van der Waals surface area contributed by atoms with E-state index in [0.717, 1.165) is 38.5 Å².